The van der Waals surface area contributed by atoms with Gasteiger partial charge in [0.1, 0.15) is 0 Å². The number of imidazole rings is 1. The Labute approximate surface area is 115 Å². The van der Waals surface area contributed by atoms with Gasteiger partial charge < -0.3 is 9.88 Å². The van der Waals surface area contributed by atoms with Crippen LogP contribution in [0.15, 0.2) is 43.0 Å². The van der Waals surface area contributed by atoms with Crippen molar-refractivity contribution in [2.24, 2.45) is 0 Å². The number of likely N-dealkylation sites (N-methyl/N-ethyl adjacent to an activating group) is 1. The van der Waals surface area contributed by atoms with Crippen LogP contribution in [0.3, 0.4) is 0 Å². The van der Waals surface area contributed by atoms with Crippen molar-refractivity contribution < 1.29 is 0 Å². The van der Waals surface area contributed by atoms with Crippen molar-refractivity contribution in [3.05, 3.63) is 54.1 Å². The quantitative estimate of drug-likeness (QED) is 0.860. The van der Waals surface area contributed by atoms with Gasteiger partial charge in [0.2, 0.25) is 0 Å². The average Bonchev–Trinajstić information content (AvgIpc) is 2.98. The molecule has 0 spiro atoms. The van der Waals surface area contributed by atoms with E-state index in [0.717, 1.165) is 13.0 Å². The molecular weight excluding hydrogens is 234 g/mol. The van der Waals surface area contributed by atoms with E-state index in [1.165, 1.54) is 11.1 Å². The molecule has 0 amide bonds. The Morgan fingerprint density at radius 1 is 1.21 bits per heavy atom. The van der Waals surface area contributed by atoms with Gasteiger partial charge in [-0.3, -0.25) is 0 Å². The fraction of sp³-hybridized carbons (Fsp3) is 0.438. The first-order chi connectivity index (χ1) is 9.26. The molecule has 0 saturated heterocycles. The van der Waals surface area contributed by atoms with E-state index >= 15 is 0 Å². The first-order valence-corrected chi connectivity index (χ1v) is 7.06. The minimum absolute atomic E-state index is 0.310. The lowest BCUT2D eigenvalue weighted by molar-refractivity contribution is 0.385. The average molecular weight is 257 g/mol. The van der Waals surface area contributed by atoms with Crippen LogP contribution in [-0.2, 0) is 6.42 Å². The molecule has 0 fully saturated rings. The molecule has 0 saturated carbocycles. The largest absolute Gasteiger partial charge is 0.333 e. The van der Waals surface area contributed by atoms with Gasteiger partial charge in [-0.2, -0.15) is 0 Å². The van der Waals surface area contributed by atoms with Gasteiger partial charge in [-0.1, -0.05) is 38.1 Å². The van der Waals surface area contributed by atoms with E-state index in [9.17, 15) is 0 Å². The predicted molar refractivity (Wildman–Crippen MR) is 79.2 cm³/mol. The number of benzene rings is 1. The summed E-state index contributed by atoms with van der Waals surface area (Å²) in [6.07, 6.45) is 6.83. The lowest BCUT2D eigenvalue weighted by Gasteiger charge is -2.26. The summed E-state index contributed by atoms with van der Waals surface area (Å²) in [7, 11) is 0. The second-order valence-corrected chi connectivity index (χ2v) is 4.88. The van der Waals surface area contributed by atoms with Crippen molar-refractivity contribution in [1.82, 2.24) is 14.9 Å². The molecule has 0 aliphatic heterocycles. The normalized spacial score (nSPS) is 14.3. The highest BCUT2D eigenvalue weighted by atomic mass is 15.1. The van der Waals surface area contributed by atoms with E-state index in [1.807, 2.05) is 18.7 Å². The molecule has 0 bridgehead atoms. The minimum Gasteiger partial charge on any atom is -0.333 e. The maximum absolute atomic E-state index is 4.14. The molecule has 0 aliphatic carbocycles. The SMILES string of the molecule is CCNC(c1ccc(CC)cc1)C(C)n1ccnc1. The lowest BCUT2D eigenvalue weighted by Crippen LogP contribution is -2.28. The molecular formula is C16H23N3. The molecule has 2 unspecified atom stereocenters. The summed E-state index contributed by atoms with van der Waals surface area (Å²) in [4.78, 5) is 4.14. The van der Waals surface area contributed by atoms with Crippen molar-refractivity contribution >= 4 is 0 Å². The topological polar surface area (TPSA) is 29.9 Å². The van der Waals surface area contributed by atoms with Gasteiger partial charge in [0, 0.05) is 12.4 Å². The Morgan fingerprint density at radius 3 is 2.47 bits per heavy atom. The molecule has 0 aliphatic rings. The summed E-state index contributed by atoms with van der Waals surface area (Å²) in [6, 6.07) is 9.57. The molecule has 3 nitrogen and oxygen atoms in total. The van der Waals surface area contributed by atoms with E-state index in [4.69, 9.17) is 0 Å². The second-order valence-electron chi connectivity index (χ2n) is 4.88. The summed E-state index contributed by atoms with van der Waals surface area (Å²) in [5, 5.41) is 3.58. The van der Waals surface area contributed by atoms with Gasteiger partial charge in [-0.15, -0.1) is 0 Å². The van der Waals surface area contributed by atoms with Crippen LogP contribution in [0, 0.1) is 0 Å². The smallest absolute Gasteiger partial charge is 0.0949 e. The van der Waals surface area contributed by atoms with Gasteiger partial charge in [-0.05, 0) is 31.0 Å². The highest BCUT2D eigenvalue weighted by molar-refractivity contribution is 5.26. The molecule has 102 valence electrons. The van der Waals surface area contributed by atoms with Crippen LogP contribution >= 0.6 is 0 Å². The standard InChI is InChI=1S/C16H23N3/c1-4-14-6-8-15(9-7-14)16(18-5-2)13(3)19-11-10-17-12-19/h6-13,16,18H,4-5H2,1-3H3. The number of aryl methyl sites for hydroxylation is 1. The highest BCUT2D eigenvalue weighted by Gasteiger charge is 2.19. The fourth-order valence-corrected chi connectivity index (χ4v) is 2.43. The Bertz CT molecular complexity index is 473. The zero-order chi connectivity index (χ0) is 13.7. The van der Waals surface area contributed by atoms with Crippen molar-refractivity contribution in [2.45, 2.75) is 39.3 Å². The van der Waals surface area contributed by atoms with Crippen LogP contribution in [0.4, 0.5) is 0 Å². The third-order valence-electron chi connectivity index (χ3n) is 3.65. The highest BCUT2D eigenvalue weighted by Crippen LogP contribution is 2.26. The van der Waals surface area contributed by atoms with Crippen molar-refractivity contribution in [3.8, 4) is 0 Å². The Kier molecular flexibility index (Phi) is 4.74. The van der Waals surface area contributed by atoms with E-state index in [1.54, 1.807) is 0 Å². The maximum atomic E-state index is 4.14. The van der Waals surface area contributed by atoms with Crippen LogP contribution in [0.1, 0.15) is 44.0 Å². The monoisotopic (exact) mass is 257 g/mol. The number of rotatable bonds is 6. The van der Waals surface area contributed by atoms with Crippen LogP contribution < -0.4 is 5.32 Å². The first kappa shape index (κ1) is 13.8. The van der Waals surface area contributed by atoms with Crippen LogP contribution in [0.2, 0.25) is 0 Å². The minimum atomic E-state index is 0.310. The molecule has 1 heterocycles. The Morgan fingerprint density at radius 2 is 1.95 bits per heavy atom. The van der Waals surface area contributed by atoms with E-state index in [-0.39, 0.29) is 0 Å². The van der Waals surface area contributed by atoms with Gasteiger partial charge in [0.15, 0.2) is 0 Å². The van der Waals surface area contributed by atoms with Crippen molar-refractivity contribution in [3.63, 3.8) is 0 Å². The zero-order valence-electron chi connectivity index (χ0n) is 12.0. The van der Waals surface area contributed by atoms with Crippen LogP contribution in [0.5, 0.6) is 0 Å². The third kappa shape index (κ3) is 3.24. The fourth-order valence-electron chi connectivity index (χ4n) is 2.43. The maximum Gasteiger partial charge on any atom is 0.0949 e. The Balaban J connectivity index is 2.23. The molecule has 2 aromatic rings. The number of nitrogens with one attached hydrogen (secondary N) is 1. The second kappa shape index (κ2) is 6.53. The number of aromatic nitrogens is 2. The lowest BCUT2D eigenvalue weighted by atomic mass is 9.98. The van der Waals surface area contributed by atoms with Gasteiger partial charge in [0.05, 0.1) is 18.4 Å². The molecule has 2 rings (SSSR count). The van der Waals surface area contributed by atoms with E-state index in [0.29, 0.717) is 12.1 Å². The van der Waals surface area contributed by atoms with Crippen molar-refractivity contribution in [1.29, 1.82) is 0 Å². The molecule has 3 heteroatoms. The van der Waals surface area contributed by atoms with Crippen LogP contribution in [-0.4, -0.2) is 16.1 Å². The molecule has 1 N–H and O–H groups in total. The molecule has 1 aromatic heterocycles. The van der Waals surface area contributed by atoms with E-state index in [2.05, 4.69) is 59.9 Å². The van der Waals surface area contributed by atoms with Crippen molar-refractivity contribution in [2.75, 3.05) is 6.54 Å². The number of nitrogens with zero attached hydrogens (tertiary/aromatic N) is 2. The summed E-state index contributed by atoms with van der Waals surface area (Å²) < 4.78 is 2.15. The van der Waals surface area contributed by atoms with E-state index < -0.39 is 0 Å². The summed E-state index contributed by atoms with van der Waals surface area (Å²) >= 11 is 0. The molecule has 1 aromatic carbocycles. The van der Waals surface area contributed by atoms with Crippen LogP contribution in [0.25, 0.3) is 0 Å². The summed E-state index contributed by atoms with van der Waals surface area (Å²) in [6.45, 7) is 7.51. The molecule has 0 radical (unpaired) electrons. The molecule has 19 heavy (non-hydrogen) atoms. The summed E-state index contributed by atoms with van der Waals surface area (Å²) in [5.41, 5.74) is 2.72. The number of hydrogen-bond donors (Lipinski definition) is 1. The van der Waals surface area contributed by atoms with Gasteiger partial charge in [0.25, 0.3) is 0 Å². The van der Waals surface area contributed by atoms with Gasteiger partial charge in [-0.25, -0.2) is 4.98 Å². The predicted octanol–water partition coefficient (Wildman–Crippen LogP) is 3.36. The molecule has 2 atom stereocenters. The Hall–Kier alpha value is -1.61. The first-order valence-electron chi connectivity index (χ1n) is 7.06. The summed E-state index contributed by atoms with van der Waals surface area (Å²) in [5.74, 6) is 0. The zero-order valence-corrected chi connectivity index (χ0v) is 12.0. The van der Waals surface area contributed by atoms with Gasteiger partial charge >= 0.3 is 0 Å². The number of hydrogen-bond acceptors (Lipinski definition) is 2. The third-order valence-corrected chi connectivity index (χ3v) is 3.65.